The number of pyridine rings is 1. The van der Waals surface area contributed by atoms with Gasteiger partial charge in [0.25, 0.3) is 0 Å². The number of nitrogens with zero attached hydrogens (tertiary/aromatic N) is 2. The zero-order valence-corrected chi connectivity index (χ0v) is 17.8. The summed E-state index contributed by atoms with van der Waals surface area (Å²) < 4.78 is 31.7. The van der Waals surface area contributed by atoms with Crippen molar-refractivity contribution in [2.24, 2.45) is 7.05 Å². The van der Waals surface area contributed by atoms with Gasteiger partial charge in [0, 0.05) is 30.1 Å². The van der Waals surface area contributed by atoms with Crippen LogP contribution in [0, 0.1) is 6.92 Å². The van der Waals surface area contributed by atoms with Gasteiger partial charge in [-0.15, -0.1) is 0 Å². The fourth-order valence-electron chi connectivity index (χ4n) is 3.20. The fraction of sp³-hybridized carbons (Fsp3) is 0.182. The van der Waals surface area contributed by atoms with Crippen molar-refractivity contribution in [3.05, 3.63) is 93.4 Å². The lowest BCUT2D eigenvalue weighted by atomic mass is 10.2. The minimum atomic E-state index is -2.64. The van der Waals surface area contributed by atoms with Crippen LogP contribution in [0.4, 0.5) is 5.69 Å². The topological polar surface area (TPSA) is 112 Å². The summed E-state index contributed by atoms with van der Waals surface area (Å²) in [6, 6.07) is 17.1. The highest BCUT2D eigenvalue weighted by Crippen LogP contribution is 2.24. The van der Waals surface area contributed by atoms with Crippen molar-refractivity contribution < 1.29 is 23.4 Å². The summed E-state index contributed by atoms with van der Waals surface area (Å²) >= 11 is -2.64. The van der Waals surface area contributed by atoms with E-state index in [9.17, 15) is 23.5 Å². The van der Waals surface area contributed by atoms with E-state index in [1.54, 1.807) is 55.5 Å². The number of aromatic nitrogens is 1. The maximum atomic E-state index is 12.7. The Kier molecular flexibility index (Phi) is 6.88. The molecule has 1 heterocycles. The number of hydrogen-bond donors (Lipinski definition) is 1. The summed E-state index contributed by atoms with van der Waals surface area (Å²) in [6.45, 7) is 1.57. The molecule has 0 aliphatic rings. The molecular formula is C22H21N2O6S-. The number of hydrogen-bond acceptors (Lipinski definition) is 5. The summed E-state index contributed by atoms with van der Waals surface area (Å²) in [7, 11) is 1.46. The highest BCUT2D eigenvalue weighted by atomic mass is 32.2. The minimum absolute atomic E-state index is 0.0234. The molecule has 1 unspecified atom stereocenters. The number of carboxylic acids is 1. The largest absolute Gasteiger partial charge is 0.755 e. The summed E-state index contributed by atoms with van der Waals surface area (Å²) in [5.74, 6) is -1.65. The zero-order chi connectivity index (χ0) is 22.5. The molecule has 0 aliphatic heterocycles. The second kappa shape index (κ2) is 9.59. The van der Waals surface area contributed by atoms with Gasteiger partial charge in [0.15, 0.2) is 11.4 Å². The molecule has 9 heteroatoms. The van der Waals surface area contributed by atoms with Gasteiger partial charge in [-0.3, -0.25) is 13.3 Å². The van der Waals surface area contributed by atoms with Gasteiger partial charge in [-0.05, 0) is 24.1 Å². The molecule has 1 N–H and O–H groups in total. The van der Waals surface area contributed by atoms with Gasteiger partial charge in [0.1, 0.15) is 6.61 Å². The maximum absolute atomic E-state index is 12.7. The number of benzene rings is 2. The monoisotopic (exact) mass is 441 g/mol. The number of aryl methyl sites for hydroxylation is 1. The Morgan fingerprint density at radius 3 is 2.42 bits per heavy atom. The molecule has 162 valence electrons. The van der Waals surface area contributed by atoms with Gasteiger partial charge < -0.3 is 19.0 Å². The van der Waals surface area contributed by atoms with Crippen molar-refractivity contribution in [3.8, 4) is 5.75 Å². The van der Waals surface area contributed by atoms with Crippen LogP contribution in [-0.2, 0) is 31.5 Å². The molecule has 3 rings (SSSR count). The smallest absolute Gasteiger partial charge is 0.356 e. The highest BCUT2D eigenvalue weighted by Gasteiger charge is 2.22. The lowest BCUT2D eigenvalue weighted by molar-refractivity contribution is 0.0678. The average molecular weight is 441 g/mol. The third-order valence-electron chi connectivity index (χ3n) is 4.80. The fourth-order valence-corrected chi connectivity index (χ4v) is 3.80. The van der Waals surface area contributed by atoms with E-state index in [1.165, 1.54) is 17.7 Å². The molecule has 0 spiro atoms. The number of carboxylic acid groups (broad SMARTS) is 1. The Bertz CT molecular complexity index is 1180. The number of rotatable bonds is 8. The Morgan fingerprint density at radius 1 is 1.16 bits per heavy atom. The first-order valence-corrected chi connectivity index (χ1v) is 10.4. The predicted molar refractivity (Wildman–Crippen MR) is 116 cm³/mol. The molecule has 0 amide bonds. The lowest BCUT2D eigenvalue weighted by Gasteiger charge is -2.29. The zero-order valence-electron chi connectivity index (χ0n) is 17.0. The van der Waals surface area contributed by atoms with E-state index in [0.29, 0.717) is 5.69 Å². The number of carbonyl (C=O) groups is 1. The van der Waals surface area contributed by atoms with Gasteiger partial charge >= 0.3 is 5.97 Å². The number of ether oxygens (including phenoxy) is 1. The van der Waals surface area contributed by atoms with E-state index in [4.69, 9.17) is 4.74 Å². The van der Waals surface area contributed by atoms with Gasteiger partial charge in [-0.1, -0.05) is 48.5 Å². The van der Waals surface area contributed by atoms with E-state index in [0.717, 1.165) is 15.4 Å². The third kappa shape index (κ3) is 5.01. The number of aromatic carboxylic acids is 1. The van der Waals surface area contributed by atoms with Gasteiger partial charge in [0.05, 0.1) is 12.2 Å². The molecule has 31 heavy (non-hydrogen) atoms. The lowest BCUT2D eigenvalue weighted by Crippen LogP contribution is -2.30. The molecule has 2 aromatic carbocycles. The van der Waals surface area contributed by atoms with Crippen LogP contribution in [0.5, 0.6) is 5.75 Å². The van der Waals surface area contributed by atoms with E-state index in [1.807, 2.05) is 6.07 Å². The third-order valence-corrected chi connectivity index (χ3v) is 5.49. The average Bonchev–Trinajstić information content (AvgIpc) is 2.73. The molecule has 0 bridgehead atoms. The van der Waals surface area contributed by atoms with Crippen molar-refractivity contribution in [1.29, 1.82) is 0 Å². The van der Waals surface area contributed by atoms with Crippen LogP contribution in [0.15, 0.2) is 65.5 Å². The standard InChI is InChI=1S/C22H22N2O6S/c1-15-8-6-7-11-18(15)24(31(28)29)13-17-12-19(25)21(20(22(26)27)23(17)2)30-14-16-9-4-3-5-10-16/h3-12H,13-14H2,1-2H3,(H,26,27)(H,28,29)/p-1. The van der Waals surface area contributed by atoms with Crippen LogP contribution in [0.1, 0.15) is 27.3 Å². The maximum Gasteiger partial charge on any atom is 0.356 e. The van der Waals surface area contributed by atoms with Crippen LogP contribution < -0.4 is 14.5 Å². The Hall–Kier alpha value is -3.43. The quantitative estimate of drug-likeness (QED) is 0.538. The molecule has 0 fully saturated rings. The molecule has 0 saturated carbocycles. The van der Waals surface area contributed by atoms with Crippen molar-refractivity contribution >= 4 is 22.9 Å². The normalized spacial score (nSPS) is 11.7. The number of anilines is 1. The Balaban J connectivity index is 2.00. The van der Waals surface area contributed by atoms with E-state index < -0.39 is 22.7 Å². The van der Waals surface area contributed by atoms with Crippen LogP contribution in [0.3, 0.4) is 0 Å². The van der Waals surface area contributed by atoms with Crippen LogP contribution >= 0.6 is 0 Å². The van der Waals surface area contributed by atoms with Crippen LogP contribution in [0.2, 0.25) is 0 Å². The molecule has 1 aromatic heterocycles. The SMILES string of the molecule is Cc1ccccc1N(Cc1cc(=O)c(OCc2ccccc2)c(C(=O)O)n1C)S(=O)[O-]. The van der Waals surface area contributed by atoms with E-state index in [2.05, 4.69) is 0 Å². The molecule has 1 atom stereocenters. The van der Waals surface area contributed by atoms with Crippen molar-refractivity contribution in [3.63, 3.8) is 0 Å². The van der Waals surface area contributed by atoms with Crippen molar-refractivity contribution in [2.45, 2.75) is 20.1 Å². The Labute approximate surface area is 181 Å². The highest BCUT2D eigenvalue weighted by molar-refractivity contribution is 7.80. The van der Waals surface area contributed by atoms with Gasteiger partial charge in [-0.25, -0.2) is 4.79 Å². The van der Waals surface area contributed by atoms with Gasteiger partial charge in [-0.2, -0.15) is 0 Å². The van der Waals surface area contributed by atoms with Crippen molar-refractivity contribution in [2.75, 3.05) is 4.31 Å². The second-order valence-corrected chi connectivity index (χ2v) is 7.73. The summed E-state index contributed by atoms with van der Waals surface area (Å²) in [5.41, 5.74) is 1.16. The molecule has 8 nitrogen and oxygen atoms in total. The van der Waals surface area contributed by atoms with Crippen LogP contribution in [0.25, 0.3) is 0 Å². The minimum Gasteiger partial charge on any atom is -0.755 e. The Morgan fingerprint density at radius 2 is 1.81 bits per heavy atom. The van der Waals surface area contributed by atoms with E-state index in [-0.39, 0.29) is 30.3 Å². The first kappa shape index (κ1) is 22.3. The van der Waals surface area contributed by atoms with E-state index >= 15 is 0 Å². The van der Waals surface area contributed by atoms with Crippen molar-refractivity contribution in [1.82, 2.24) is 4.57 Å². The molecular weight excluding hydrogens is 420 g/mol. The summed E-state index contributed by atoms with van der Waals surface area (Å²) in [6.07, 6.45) is 0. The summed E-state index contributed by atoms with van der Waals surface area (Å²) in [5, 5.41) is 9.72. The molecule has 3 aromatic rings. The summed E-state index contributed by atoms with van der Waals surface area (Å²) in [4.78, 5) is 24.6. The van der Waals surface area contributed by atoms with Gasteiger partial charge in [0.2, 0.25) is 5.43 Å². The first-order valence-electron chi connectivity index (χ1n) is 9.35. The molecule has 0 radical (unpaired) electrons. The predicted octanol–water partition coefficient (Wildman–Crippen LogP) is 2.77. The van der Waals surface area contributed by atoms with Crippen LogP contribution in [-0.4, -0.2) is 24.4 Å². The molecule has 0 aliphatic carbocycles. The first-order chi connectivity index (χ1) is 14.8. The number of para-hydroxylation sites is 1. The second-order valence-electron chi connectivity index (χ2n) is 6.86. The molecule has 0 saturated heterocycles.